The van der Waals surface area contributed by atoms with Crippen molar-refractivity contribution in [1.29, 1.82) is 0 Å². The van der Waals surface area contributed by atoms with Crippen LogP contribution in [0.4, 0.5) is 11.5 Å². The second kappa shape index (κ2) is 8.60. The van der Waals surface area contributed by atoms with Gasteiger partial charge in [-0.2, -0.15) is 4.98 Å². The third kappa shape index (κ3) is 3.78. The van der Waals surface area contributed by atoms with Gasteiger partial charge in [0.25, 0.3) is 0 Å². The van der Waals surface area contributed by atoms with Gasteiger partial charge < -0.3 is 14.5 Å². The number of aromatic nitrogens is 2. The second-order valence-corrected chi connectivity index (χ2v) is 9.29. The average Bonchev–Trinajstić information content (AvgIpc) is 3.24. The molecular formula is C25H25ClN4OS. The largest absolute Gasteiger partial charge is 0.495 e. The van der Waals surface area contributed by atoms with Crippen molar-refractivity contribution in [3.63, 3.8) is 0 Å². The molecule has 2 aromatic heterocycles. The molecule has 0 atom stereocenters. The lowest BCUT2D eigenvalue weighted by atomic mass is 10.0. The maximum atomic E-state index is 6.34. The molecule has 4 aromatic rings. The zero-order chi connectivity index (χ0) is 22.2. The van der Waals surface area contributed by atoms with E-state index < -0.39 is 0 Å². The SMILES string of the molecule is COc1ccccc1N1CCN(c2nc(Cl)nc3scc(-c4ccc(C)c(C)c4)c23)CC1. The van der Waals surface area contributed by atoms with E-state index in [2.05, 4.69) is 64.3 Å². The molecule has 1 aliphatic heterocycles. The van der Waals surface area contributed by atoms with Gasteiger partial charge in [-0.25, -0.2) is 4.98 Å². The van der Waals surface area contributed by atoms with Crippen molar-refractivity contribution in [1.82, 2.24) is 9.97 Å². The fraction of sp³-hybridized carbons (Fsp3) is 0.280. The predicted octanol–water partition coefficient (Wildman–Crippen LogP) is 5.96. The molecule has 0 bridgehead atoms. The van der Waals surface area contributed by atoms with Crippen LogP contribution in [0.2, 0.25) is 5.28 Å². The van der Waals surface area contributed by atoms with E-state index in [4.69, 9.17) is 21.3 Å². The highest BCUT2D eigenvalue weighted by Gasteiger charge is 2.24. The van der Waals surface area contributed by atoms with Crippen LogP contribution < -0.4 is 14.5 Å². The minimum absolute atomic E-state index is 0.299. The second-order valence-electron chi connectivity index (χ2n) is 8.09. The van der Waals surface area contributed by atoms with Crippen LogP contribution >= 0.6 is 22.9 Å². The summed E-state index contributed by atoms with van der Waals surface area (Å²) in [5, 5.41) is 3.57. The van der Waals surface area contributed by atoms with Gasteiger partial charge in [0.2, 0.25) is 5.28 Å². The summed E-state index contributed by atoms with van der Waals surface area (Å²) >= 11 is 7.96. The highest BCUT2D eigenvalue weighted by Crippen LogP contribution is 2.40. The van der Waals surface area contributed by atoms with Crippen LogP contribution in [-0.4, -0.2) is 43.3 Å². The molecule has 0 amide bonds. The van der Waals surface area contributed by atoms with E-state index in [0.29, 0.717) is 5.28 Å². The number of anilines is 2. The summed E-state index contributed by atoms with van der Waals surface area (Å²) in [4.78, 5) is 14.9. The molecule has 0 N–H and O–H groups in total. The van der Waals surface area contributed by atoms with Crippen molar-refractivity contribution in [2.24, 2.45) is 0 Å². The zero-order valence-electron chi connectivity index (χ0n) is 18.4. The van der Waals surface area contributed by atoms with Crippen LogP contribution in [0.5, 0.6) is 5.75 Å². The number of hydrogen-bond acceptors (Lipinski definition) is 6. The van der Waals surface area contributed by atoms with Crippen molar-refractivity contribution < 1.29 is 4.74 Å². The van der Waals surface area contributed by atoms with Crippen molar-refractivity contribution in [3.05, 3.63) is 64.3 Å². The molecule has 1 aliphatic rings. The first-order valence-corrected chi connectivity index (χ1v) is 12.0. The standard InChI is InChI=1S/C25H25ClN4OS/c1-16-8-9-18(14-17(16)2)19-15-32-24-22(19)23(27-25(26)28-24)30-12-10-29(11-13-30)20-6-4-5-7-21(20)31-3/h4-9,14-15H,10-13H2,1-3H3. The molecule has 164 valence electrons. The number of methoxy groups -OCH3 is 1. The average molecular weight is 465 g/mol. The van der Waals surface area contributed by atoms with Crippen LogP contribution in [-0.2, 0) is 0 Å². The number of piperazine rings is 1. The summed E-state index contributed by atoms with van der Waals surface area (Å²) in [7, 11) is 1.72. The molecule has 5 nitrogen and oxygen atoms in total. The number of halogens is 1. The summed E-state index contributed by atoms with van der Waals surface area (Å²) in [5.74, 6) is 1.83. The first-order valence-electron chi connectivity index (χ1n) is 10.7. The number of rotatable bonds is 4. The molecular weight excluding hydrogens is 440 g/mol. The maximum Gasteiger partial charge on any atom is 0.225 e. The van der Waals surface area contributed by atoms with Crippen molar-refractivity contribution in [2.45, 2.75) is 13.8 Å². The third-order valence-electron chi connectivity index (χ3n) is 6.21. The normalized spacial score (nSPS) is 14.2. The minimum Gasteiger partial charge on any atom is -0.495 e. The quantitative estimate of drug-likeness (QED) is 0.348. The molecule has 2 aromatic carbocycles. The molecule has 0 aliphatic carbocycles. The number of benzene rings is 2. The summed E-state index contributed by atoms with van der Waals surface area (Å²) in [6.07, 6.45) is 0. The fourth-order valence-electron chi connectivity index (χ4n) is 4.30. The summed E-state index contributed by atoms with van der Waals surface area (Å²) in [6, 6.07) is 14.8. The molecule has 3 heterocycles. The maximum absolute atomic E-state index is 6.34. The number of fused-ring (bicyclic) bond motifs is 1. The number of nitrogens with zero attached hydrogens (tertiary/aromatic N) is 4. The monoisotopic (exact) mass is 464 g/mol. The van der Waals surface area contributed by atoms with Crippen LogP contribution in [0.1, 0.15) is 11.1 Å². The molecule has 7 heteroatoms. The Morgan fingerprint density at radius 2 is 1.69 bits per heavy atom. The predicted molar refractivity (Wildman–Crippen MR) is 135 cm³/mol. The van der Waals surface area contributed by atoms with Crippen LogP contribution in [0.15, 0.2) is 47.8 Å². The summed E-state index contributed by atoms with van der Waals surface area (Å²) in [5.41, 5.74) is 6.07. The van der Waals surface area contributed by atoms with Gasteiger partial charge in [-0.05, 0) is 54.3 Å². The van der Waals surface area contributed by atoms with E-state index >= 15 is 0 Å². The Labute approximate surface area is 197 Å². The summed E-state index contributed by atoms with van der Waals surface area (Å²) < 4.78 is 5.56. The molecule has 32 heavy (non-hydrogen) atoms. The Balaban J connectivity index is 1.49. The van der Waals surface area contributed by atoms with Crippen molar-refractivity contribution in [3.8, 4) is 16.9 Å². The van der Waals surface area contributed by atoms with E-state index in [9.17, 15) is 0 Å². The van der Waals surface area contributed by atoms with Crippen LogP contribution in [0.3, 0.4) is 0 Å². The Hall–Kier alpha value is -2.83. The zero-order valence-corrected chi connectivity index (χ0v) is 20.0. The molecule has 0 unspecified atom stereocenters. The van der Waals surface area contributed by atoms with Crippen LogP contribution in [0.25, 0.3) is 21.3 Å². The number of thiophene rings is 1. The van der Waals surface area contributed by atoms with Gasteiger partial charge in [-0.1, -0.05) is 30.3 Å². The number of aryl methyl sites for hydroxylation is 2. The Morgan fingerprint density at radius 1 is 0.938 bits per heavy atom. The van der Waals surface area contributed by atoms with Gasteiger partial charge in [-0.3, -0.25) is 0 Å². The molecule has 0 spiro atoms. The molecule has 0 radical (unpaired) electrons. The lowest BCUT2D eigenvalue weighted by Crippen LogP contribution is -2.47. The summed E-state index contributed by atoms with van der Waals surface area (Å²) in [6.45, 7) is 7.75. The molecule has 0 saturated carbocycles. The van der Waals surface area contributed by atoms with E-state index in [1.165, 1.54) is 22.3 Å². The Bertz CT molecular complexity index is 1280. The topological polar surface area (TPSA) is 41.5 Å². The first-order chi connectivity index (χ1) is 15.5. The highest BCUT2D eigenvalue weighted by atomic mass is 35.5. The van der Waals surface area contributed by atoms with E-state index in [1.54, 1.807) is 18.4 Å². The lowest BCUT2D eigenvalue weighted by molar-refractivity contribution is 0.413. The van der Waals surface area contributed by atoms with Gasteiger partial charge in [0.05, 0.1) is 18.2 Å². The van der Waals surface area contributed by atoms with Gasteiger partial charge in [-0.15, -0.1) is 11.3 Å². The van der Waals surface area contributed by atoms with Crippen molar-refractivity contribution in [2.75, 3.05) is 43.1 Å². The number of para-hydroxylation sites is 2. The fourth-order valence-corrected chi connectivity index (χ4v) is 5.45. The molecule has 1 fully saturated rings. The van der Waals surface area contributed by atoms with E-state index in [0.717, 1.165) is 53.7 Å². The molecule has 5 rings (SSSR count). The Morgan fingerprint density at radius 3 is 2.44 bits per heavy atom. The van der Waals surface area contributed by atoms with Crippen molar-refractivity contribution >= 4 is 44.7 Å². The first kappa shape index (κ1) is 21.0. The molecule has 1 saturated heterocycles. The minimum atomic E-state index is 0.299. The van der Waals surface area contributed by atoms with Gasteiger partial charge >= 0.3 is 0 Å². The van der Waals surface area contributed by atoms with Crippen LogP contribution in [0, 0.1) is 13.8 Å². The van der Waals surface area contributed by atoms with E-state index in [-0.39, 0.29) is 0 Å². The van der Waals surface area contributed by atoms with E-state index in [1.807, 2.05) is 12.1 Å². The highest BCUT2D eigenvalue weighted by molar-refractivity contribution is 7.17. The number of ether oxygens (including phenoxy) is 1. The lowest BCUT2D eigenvalue weighted by Gasteiger charge is -2.37. The third-order valence-corrected chi connectivity index (χ3v) is 7.25. The van der Waals surface area contributed by atoms with Gasteiger partial charge in [0.15, 0.2) is 0 Å². The smallest absolute Gasteiger partial charge is 0.225 e. The Kier molecular flexibility index (Phi) is 5.66. The van der Waals surface area contributed by atoms with Gasteiger partial charge in [0, 0.05) is 37.1 Å². The van der Waals surface area contributed by atoms with Gasteiger partial charge in [0.1, 0.15) is 16.4 Å². The number of hydrogen-bond donors (Lipinski definition) is 0.